The number of carbonyl (C=O) groups excluding carboxylic acids is 2. The largest absolute Gasteiger partial charge is 0.465 e. The van der Waals surface area contributed by atoms with Crippen LogP contribution in [0.1, 0.15) is 44.7 Å². The normalized spacial score (nSPS) is 12.1. The van der Waals surface area contributed by atoms with Gasteiger partial charge in [0.05, 0.1) is 28.3 Å². The van der Waals surface area contributed by atoms with Crippen LogP contribution in [0, 0.1) is 11.3 Å². The van der Waals surface area contributed by atoms with Gasteiger partial charge in [-0.15, -0.1) is 0 Å². The summed E-state index contributed by atoms with van der Waals surface area (Å²) in [4.78, 5) is 26.2. The Labute approximate surface area is 224 Å². The average Bonchev–Trinajstić information content (AvgIpc) is 2.82. The molecular formula is C30H33Cl2NO3. The Morgan fingerprint density at radius 2 is 1.53 bits per heavy atom. The molecule has 0 spiro atoms. The third-order valence-electron chi connectivity index (χ3n) is 5.86. The maximum atomic E-state index is 13.2. The number of nitrogens with one attached hydrogen (secondary N) is 1. The zero-order chi connectivity index (χ0) is 26.1. The lowest BCUT2D eigenvalue weighted by Gasteiger charge is -2.20. The van der Waals surface area contributed by atoms with Crippen molar-refractivity contribution in [2.45, 2.75) is 46.5 Å². The fourth-order valence-electron chi connectivity index (χ4n) is 3.82. The SMILES string of the molecule is CC(C)(C)CCOC(=O)[C@@H](CC(=O)Cc1ccccc1Nc1c(Cl)cccc1Cl)Cc1ccccc1. The van der Waals surface area contributed by atoms with Gasteiger partial charge in [0.1, 0.15) is 5.78 Å². The van der Waals surface area contributed by atoms with Crippen LogP contribution in [0.4, 0.5) is 11.4 Å². The van der Waals surface area contributed by atoms with Gasteiger partial charge < -0.3 is 10.1 Å². The summed E-state index contributed by atoms with van der Waals surface area (Å²) in [5.41, 5.74) is 3.20. The van der Waals surface area contributed by atoms with Gasteiger partial charge in [0.2, 0.25) is 0 Å². The van der Waals surface area contributed by atoms with Gasteiger partial charge in [0.15, 0.2) is 0 Å². The molecule has 0 aliphatic carbocycles. The molecule has 0 aromatic heterocycles. The summed E-state index contributed by atoms with van der Waals surface area (Å²) in [6.07, 6.45) is 1.49. The van der Waals surface area contributed by atoms with Crippen LogP contribution >= 0.6 is 23.2 Å². The van der Waals surface area contributed by atoms with E-state index in [2.05, 4.69) is 26.1 Å². The molecule has 0 aliphatic rings. The number of carbonyl (C=O) groups is 2. The molecule has 36 heavy (non-hydrogen) atoms. The average molecular weight is 527 g/mol. The third kappa shape index (κ3) is 8.69. The minimum absolute atomic E-state index is 0.0387. The third-order valence-corrected chi connectivity index (χ3v) is 6.49. The van der Waals surface area contributed by atoms with Crippen molar-refractivity contribution >= 4 is 46.3 Å². The van der Waals surface area contributed by atoms with Gasteiger partial charge in [-0.2, -0.15) is 0 Å². The summed E-state index contributed by atoms with van der Waals surface area (Å²) in [5, 5.41) is 4.25. The maximum absolute atomic E-state index is 13.2. The molecule has 0 saturated carbocycles. The molecule has 0 fully saturated rings. The highest BCUT2D eigenvalue weighted by Gasteiger charge is 2.25. The molecule has 6 heteroatoms. The lowest BCUT2D eigenvalue weighted by molar-refractivity contribution is -0.150. The molecule has 0 radical (unpaired) electrons. The number of hydrogen-bond acceptors (Lipinski definition) is 4. The van der Waals surface area contributed by atoms with Gasteiger partial charge in [0, 0.05) is 18.5 Å². The number of rotatable bonds is 11. The fourth-order valence-corrected chi connectivity index (χ4v) is 4.31. The molecular weight excluding hydrogens is 493 g/mol. The summed E-state index contributed by atoms with van der Waals surface area (Å²) in [5.74, 6) is -0.910. The summed E-state index contributed by atoms with van der Waals surface area (Å²) in [6, 6.07) is 22.5. The van der Waals surface area contributed by atoms with E-state index in [1.54, 1.807) is 18.2 Å². The lowest BCUT2D eigenvalue weighted by Crippen LogP contribution is -2.25. The quantitative estimate of drug-likeness (QED) is 0.257. The van der Waals surface area contributed by atoms with Crippen LogP contribution in [0.15, 0.2) is 72.8 Å². The highest BCUT2D eigenvalue weighted by Crippen LogP contribution is 2.34. The van der Waals surface area contributed by atoms with Crippen LogP contribution in [-0.2, 0) is 27.2 Å². The minimum atomic E-state index is -0.544. The number of ether oxygens (including phenoxy) is 1. The molecule has 0 amide bonds. The first-order chi connectivity index (χ1) is 17.1. The highest BCUT2D eigenvalue weighted by atomic mass is 35.5. The molecule has 3 rings (SSSR count). The van der Waals surface area contributed by atoms with Gasteiger partial charge >= 0.3 is 5.97 Å². The Balaban J connectivity index is 1.72. The second-order valence-corrected chi connectivity index (χ2v) is 11.0. The van der Waals surface area contributed by atoms with E-state index >= 15 is 0 Å². The monoisotopic (exact) mass is 525 g/mol. The van der Waals surface area contributed by atoms with Crippen molar-refractivity contribution in [3.8, 4) is 0 Å². The van der Waals surface area contributed by atoms with Crippen molar-refractivity contribution in [3.05, 3.63) is 94.0 Å². The van der Waals surface area contributed by atoms with E-state index in [-0.39, 0.29) is 30.0 Å². The minimum Gasteiger partial charge on any atom is -0.465 e. The molecule has 1 atom stereocenters. The molecule has 3 aromatic rings. The number of halogens is 2. The zero-order valence-corrected chi connectivity index (χ0v) is 22.5. The molecule has 0 unspecified atom stereocenters. The first kappa shape index (κ1) is 27.8. The molecule has 0 heterocycles. The van der Waals surface area contributed by atoms with Crippen LogP contribution < -0.4 is 5.32 Å². The van der Waals surface area contributed by atoms with Crippen molar-refractivity contribution in [1.82, 2.24) is 0 Å². The highest BCUT2D eigenvalue weighted by molar-refractivity contribution is 6.39. The van der Waals surface area contributed by atoms with Crippen LogP contribution in [0.5, 0.6) is 0 Å². The van der Waals surface area contributed by atoms with E-state index in [1.165, 1.54) is 0 Å². The molecule has 0 bridgehead atoms. The molecule has 3 aromatic carbocycles. The van der Waals surface area contributed by atoms with Gasteiger partial charge in [-0.05, 0) is 47.6 Å². The number of esters is 1. The standard InChI is InChI=1S/C30H33Cl2NO3/c1-30(2,3)16-17-36-29(35)23(18-21-10-5-4-6-11-21)20-24(34)19-22-12-7-8-15-27(22)33-28-25(31)13-9-14-26(28)32/h4-15,23,33H,16-20H2,1-3H3/t23-/m1/s1. The molecule has 4 nitrogen and oxygen atoms in total. The number of hydrogen-bond donors (Lipinski definition) is 1. The summed E-state index contributed by atoms with van der Waals surface area (Å²) in [6.45, 7) is 6.65. The Bertz CT molecular complexity index is 1150. The Kier molecular flexibility index (Phi) is 9.98. The molecule has 0 aliphatic heterocycles. The van der Waals surface area contributed by atoms with Crippen molar-refractivity contribution in [2.75, 3.05) is 11.9 Å². The summed E-state index contributed by atoms with van der Waals surface area (Å²) in [7, 11) is 0. The van der Waals surface area contributed by atoms with Crippen molar-refractivity contribution < 1.29 is 14.3 Å². The Hall–Kier alpha value is -2.82. The topological polar surface area (TPSA) is 55.4 Å². The molecule has 0 saturated heterocycles. The number of benzene rings is 3. The van der Waals surface area contributed by atoms with E-state index < -0.39 is 5.92 Å². The summed E-state index contributed by atoms with van der Waals surface area (Å²) >= 11 is 12.6. The lowest BCUT2D eigenvalue weighted by atomic mass is 9.91. The molecule has 190 valence electrons. The van der Waals surface area contributed by atoms with Crippen molar-refractivity contribution in [1.29, 1.82) is 0 Å². The van der Waals surface area contributed by atoms with Crippen LogP contribution in [0.3, 0.4) is 0 Å². The van der Waals surface area contributed by atoms with E-state index in [9.17, 15) is 9.59 Å². The first-order valence-corrected chi connectivity index (χ1v) is 12.9. The number of ketones is 1. The van der Waals surface area contributed by atoms with Crippen LogP contribution in [0.25, 0.3) is 0 Å². The number of anilines is 2. The first-order valence-electron chi connectivity index (χ1n) is 12.1. The number of Topliss-reactive ketones (excluding diaryl/α,β-unsaturated/α-hetero) is 1. The van der Waals surface area contributed by atoms with E-state index in [0.29, 0.717) is 28.8 Å². The Morgan fingerprint density at radius 1 is 0.889 bits per heavy atom. The van der Waals surface area contributed by atoms with Crippen LogP contribution in [0.2, 0.25) is 10.0 Å². The summed E-state index contributed by atoms with van der Waals surface area (Å²) < 4.78 is 5.60. The predicted octanol–water partition coefficient (Wildman–Crippen LogP) is 8.08. The van der Waals surface area contributed by atoms with Crippen molar-refractivity contribution in [2.24, 2.45) is 11.3 Å². The van der Waals surface area contributed by atoms with Crippen LogP contribution in [-0.4, -0.2) is 18.4 Å². The zero-order valence-electron chi connectivity index (χ0n) is 21.0. The smallest absolute Gasteiger partial charge is 0.309 e. The Morgan fingerprint density at radius 3 is 2.19 bits per heavy atom. The van der Waals surface area contributed by atoms with Gasteiger partial charge in [-0.25, -0.2) is 0 Å². The van der Waals surface area contributed by atoms with Gasteiger partial charge in [0.25, 0.3) is 0 Å². The van der Waals surface area contributed by atoms with Gasteiger partial charge in [-0.3, -0.25) is 9.59 Å². The van der Waals surface area contributed by atoms with E-state index in [4.69, 9.17) is 27.9 Å². The van der Waals surface area contributed by atoms with E-state index in [0.717, 1.165) is 23.2 Å². The number of para-hydroxylation sites is 2. The van der Waals surface area contributed by atoms with E-state index in [1.807, 2.05) is 54.6 Å². The molecule has 1 N–H and O–H groups in total. The maximum Gasteiger partial charge on any atom is 0.309 e. The fraction of sp³-hybridized carbons (Fsp3) is 0.333. The second-order valence-electron chi connectivity index (χ2n) is 10.2. The second kappa shape index (κ2) is 12.9. The van der Waals surface area contributed by atoms with Crippen molar-refractivity contribution in [3.63, 3.8) is 0 Å². The predicted molar refractivity (Wildman–Crippen MR) is 148 cm³/mol. The van der Waals surface area contributed by atoms with Gasteiger partial charge in [-0.1, -0.05) is 98.6 Å².